The van der Waals surface area contributed by atoms with Crippen LogP contribution in [0.3, 0.4) is 0 Å². The molecule has 0 saturated carbocycles. The van der Waals surface area contributed by atoms with E-state index in [0.29, 0.717) is 111 Å². The highest BCUT2D eigenvalue weighted by Gasteiger charge is 2.42. The molecule has 2 fully saturated rings. The highest BCUT2D eigenvalue weighted by molar-refractivity contribution is 6.13. The Bertz CT molecular complexity index is 1770. The van der Waals surface area contributed by atoms with Crippen molar-refractivity contribution in [1.29, 1.82) is 0 Å². The molecule has 2 heterocycles. The van der Waals surface area contributed by atoms with E-state index in [4.69, 9.17) is 43.0 Å². The Kier molecular flexibility index (Phi) is 21.1. The van der Waals surface area contributed by atoms with Crippen molar-refractivity contribution in [1.82, 2.24) is 9.80 Å². The summed E-state index contributed by atoms with van der Waals surface area (Å²) in [6, 6.07) is 13.9. The number of aliphatic hydroxyl groups is 1. The number of carbonyl (C=O) groups is 7. The van der Waals surface area contributed by atoms with Gasteiger partial charge in [-0.25, -0.2) is 9.59 Å². The molecule has 342 valence electrons. The fourth-order valence-corrected chi connectivity index (χ4v) is 5.95. The zero-order valence-electron chi connectivity index (χ0n) is 36.4. The SMILES string of the molecule is CC(C)(C)OC(=O)N1C(=O)CCC(c2ccc(OCCOCCOCC=O)cc2)C1=O.CC(C)(C)OC(=O)N1C(=O)CCC(c2ccc(OCCOCCOCCO)cc2)C1=O. The lowest BCUT2D eigenvalue weighted by Gasteiger charge is -2.31. The van der Waals surface area contributed by atoms with Crippen LogP contribution in [0.2, 0.25) is 0 Å². The second kappa shape index (κ2) is 25.6. The summed E-state index contributed by atoms with van der Waals surface area (Å²) in [7, 11) is 0. The van der Waals surface area contributed by atoms with Crippen molar-refractivity contribution in [3.8, 4) is 11.5 Å². The highest BCUT2D eigenvalue weighted by Crippen LogP contribution is 2.32. The number of imide groups is 6. The summed E-state index contributed by atoms with van der Waals surface area (Å²) >= 11 is 0. The van der Waals surface area contributed by atoms with Crippen LogP contribution in [-0.2, 0) is 52.4 Å². The van der Waals surface area contributed by atoms with Crippen LogP contribution in [0, 0.1) is 0 Å². The molecular weight excluding hydrogens is 812 g/mol. The van der Waals surface area contributed by atoms with Crippen molar-refractivity contribution in [3.63, 3.8) is 0 Å². The number of likely N-dealkylation sites (tertiary alicyclic amines) is 2. The highest BCUT2D eigenvalue weighted by atomic mass is 16.6. The average Bonchev–Trinajstić information content (AvgIpc) is 3.20. The van der Waals surface area contributed by atoms with E-state index in [-0.39, 0.29) is 26.1 Å². The zero-order chi connectivity index (χ0) is 45.7. The van der Waals surface area contributed by atoms with E-state index in [0.717, 1.165) is 0 Å². The molecule has 18 heteroatoms. The molecular formula is C44H60N2O16. The van der Waals surface area contributed by atoms with Crippen LogP contribution in [0.1, 0.15) is 90.2 Å². The first-order chi connectivity index (χ1) is 29.5. The number of ether oxygens (including phenoxy) is 8. The molecule has 2 atom stereocenters. The van der Waals surface area contributed by atoms with Gasteiger partial charge in [-0.05, 0) is 89.8 Å². The van der Waals surface area contributed by atoms with Gasteiger partial charge in [0.05, 0.1) is 64.7 Å². The number of amides is 6. The van der Waals surface area contributed by atoms with E-state index < -0.39 is 58.9 Å². The van der Waals surface area contributed by atoms with Crippen LogP contribution < -0.4 is 9.47 Å². The molecule has 2 aliphatic rings. The fraction of sp³-hybridized carbons (Fsp3) is 0.568. The number of aliphatic hydroxyl groups excluding tert-OH is 1. The lowest BCUT2D eigenvalue weighted by Crippen LogP contribution is -2.49. The van der Waals surface area contributed by atoms with Gasteiger partial charge >= 0.3 is 12.2 Å². The number of piperidine rings is 2. The minimum atomic E-state index is -0.941. The molecule has 0 aromatic heterocycles. The molecule has 4 rings (SSSR count). The Labute approximate surface area is 362 Å². The zero-order valence-corrected chi connectivity index (χ0v) is 36.4. The second-order valence-electron chi connectivity index (χ2n) is 15.9. The summed E-state index contributed by atoms with van der Waals surface area (Å²) in [5.74, 6) is -2.22. The molecule has 0 bridgehead atoms. The van der Waals surface area contributed by atoms with E-state index in [2.05, 4.69) is 0 Å². The molecule has 2 saturated heterocycles. The number of carbonyl (C=O) groups excluding carboxylic acids is 7. The van der Waals surface area contributed by atoms with Gasteiger partial charge < -0.3 is 47.8 Å². The minimum absolute atomic E-state index is 0.0130. The van der Waals surface area contributed by atoms with Crippen molar-refractivity contribution in [3.05, 3.63) is 59.7 Å². The van der Waals surface area contributed by atoms with Crippen LogP contribution in [0.4, 0.5) is 9.59 Å². The number of rotatable bonds is 20. The van der Waals surface area contributed by atoms with Gasteiger partial charge in [0.25, 0.3) is 0 Å². The number of hydrogen-bond donors (Lipinski definition) is 1. The molecule has 0 radical (unpaired) electrons. The predicted octanol–water partition coefficient (Wildman–Crippen LogP) is 4.72. The Morgan fingerprint density at radius 2 is 0.935 bits per heavy atom. The van der Waals surface area contributed by atoms with Gasteiger partial charge in [0.1, 0.15) is 48.8 Å². The van der Waals surface area contributed by atoms with Gasteiger partial charge in [0, 0.05) is 12.8 Å². The van der Waals surface area contributed by atoms with E-state index in [1.54, 1.807) is 90.1 Å². The quantitative estimate of drug-likeness (QED) is 0.108. The summed E-state index contributed by atoms with van der Waals surface area (Å²) < 4.78 is 42.3. The fourth-order valence-electron chi connectivity index (χ4n) is 5.95. The molecule has 2 aliphatic heterocycles. The van der Waals surface area contributed by atoms with Gasteiger partial charge in [-0.2, -0.15) is 9.80 Å². The lowest BCUT2D eigenvalue weighted by atomic mass is 9.89. The second-order valence-corrected chi connectivity index (χ2v) is 15.9. The monoisotopic (exact) mass is 872 g/mol. The molecule has 2 aromatic rings. The first-order valence-electron chi connectivity index (χ1n) is 20.5. The Morgan fingerprint density at radius 3 is 1.29 bits per heavy atom. The maximum Gasteiger partial charge on any atom is 0.424 e. The third-order valence-corrected chi connectivity index (χ3v) is 8.70. The molecule has 2 unspecified atom stereocenters. The van der Waals surface area contributed by atoms with E-state index in [9.17, 15) is 33.6 Å². The smallest absolute Gasteiger partial charge is 0.424 e. The Hall–Kier alpha value is -5.27. The first-order valence-corrected chi connectivity index (χ1v) is 20.5. The van der Waals surface area contributed by atoms with Crippen LogP contribution in [-0.4, -0.2) is 141 Å². The summed E-state index contributed by atoms with van der Waals surface area (Å²) in [5, 5.41) is 8.60. The molecule has 1 N–H and O–H groups in total. The van der Waals surface area contributed by atoms with Crippen LogP contribution in [0.25, 0.3) is 0 Å². The van der Waals surface area contributed by atoms with Crippen molar-refractivity contribution in [2.45, 2.75) is 90.3 Å². The summed E-state index contributed by atoms with van der Waals surface area (Å²) in [6.07, 6.45) is -0.353. The van der Waals surface area contributed by atoms with Crippen molar-refractivity contribution in [2.75, 3.05) is 72.7 Å². The molecule has 2 aromatic carbocycles. The third kappa shape index (κ3) is 17.6. The van der Waals surface area contributed by atoms with Crippen molar-refractivity contribution in [2.24, 2.45) is 0 Å². The van der Waals surface area contributed by atoms with Crippen LogP contribution >= 0.6 is 0 Å². The molecule has 6 amide bonds. The Morgan fingerprint density at radius 1 is 0.581 bits per heavy atom. The standard InChI is InChI=1S/C22H31NO8.C22H29NO8/c2*1-22(2,3)31-21(27)23-19(25)9-8-18(20(23)26)16-4-6-17(7-5-16)30-15-14-29-13-12-28-11-10-24/h4-7,18,24H,8-15H2,1-3H3;4-7,10,18H,8-9,11-15H2,1-3H3. The number of hydrogen-bond acceptors (Lipinski definition) is 16. The van der Waals surface area contributed by atoms with Crippen LogP contribution in [0.15, 0.2) is 48.5 Å². The number of nitrogens with zero attached hydrogens (tertiary/aromatic N) is 2. The van der Waals surface area contributed by atoms with Gasteiger partial charge in [0.2, 0.25) is 23.6 Å². The van der Waals surface area contributed by atoms with Crippen molar-refractivity contribution < 1.29 is 76.6 Å². The maximum absolute atomic E-state index is 12.8. The number of aldehydes is 1. The van der Waals surface area contributed by atoms with Gasteiger partial charge in [-0.1, -0.05) is 24.3 Å². The Balaban J connectivity index is 0.000000330. The molecule has 0 spiro atoms. The van der Waals surface area contributed by atoms with Gasteiger partial charge in [-0.15, -0.1) is 0 Å². The van der Waals surface area contributed by atoms with Crippen LogP contribution in [0.5, 0.6) is 11.5 Å². The van der Waals surface area contributed by atoms with E-state index in [1.807, 2.05) is 0 Å². The predicted molar refractivity (Wildman–Crippen MR) is 220 cm³/mol. The molecule has 62 heavy (non-hydrogen) atoms. The molecule has 18 nitrogen and oxygen atoms in total. The minimum Gasteiger partial charge on any atom is -0.491 e. The van der Waals surface area contributed by atoms with Crippen molar-refractivity contribution >= 4 is 42.1 Å². The normalized spacial score (nSPS) is 17.0. The largest absolute Gasteiger partial charge is 0.491 e. The summed E-state index contributed by atoms with van der Waals surface area (Å²) in [6.45, 7) is 13.3. The number of benzene rings is 2. The molecule has 0 aliphatic carbocycles. The summed E-state index contributed by atoms with van der Waals surface area (Å²) in [4.78, 5) is 85.9. The third-order valence-electron chi connectivity index (χ3n) is 8.70. The van der Waals surface area contributed by atoms with Gasteiger partial charge in [0.15, 0.2) is 0 Å². The average molecular weight is 873 g/mol. The lowest BCUT2D eigenvalue weighted by molar-refractivity contribution is -0.149. The maximum atomic E-state index is 12.8. The van der Waals surface area contributed by atoms with E-state index in [1.165, 1.54) is 0 Å². The van der Waals surface area contributed by atoms with E-state index >= 15 is 0 Å². The van der Waals surface area contributed by atoms with Gasteiger partial charge in [-0.3, -0.25) is 19.2 Å². The first kappa shape index (κ1) is 51.1. The summed E-state index contributed by atoms with van der Waals surface area (Å²) in [5.41, 5.74) is -0.215. The topological polar surface area (TPSA) is 220 Å².